The molecule has 0 amide bonds. The number of halogens is 5. The fourth-order valence-corrected chi connectivity index (χ4v) is 2.83. The molecule has 0 bridgehead atoms. The van der Waals surface area contributed by atoms with Crippen LogP contribution in [0.25, 0.3) is 0 Å². The molecule has 1 aliphatic heterocycles. The third-order valence-corrected chi connectivity index (χ3v) is 3.64. The highest BCUT2D eigenvalue weighted by atomic mass is 35.5. The number of alkyl halides is 3. The Morgan fingerprint density at radius 2 is 1.73 bits per heavy atom. The zero-order chi connectivity index (χ0) is 15.9. The number of fused-ring (bicyclic) bond motifs is 1. The Labute approximate surface area is 134 Å². The number of hydrogen-bond donors (Lipinski definition) is 0. The molecule has 0 radical (unpaired) electrons. The number of aliphatic imine (C=N–C) groups is 1. The molecule has 0 N–H and O–H groups in total. The SMILES string of the molecule is FC(F)(F)Oc1ccc(C2=Nc3c(Cl)cc(Cl)cc3C2)cc1. The molecule has 1 heterocycles. The van der Waals surface area contributed by atoms with Gasteiger partial charge in [-0.15, -0.1) is 13.2 Å². The maximum Gasteiger partial charge on any atom is 0.573 e. The summed E-state index contributed by atoms with van der Waals surface area (Å²) in [4.78, 5) is 4.43. The molecular weight excluding hydrogens is 338 g/mol. The van der Waals surface area contributed by atoms with Gasteiger partial charge in [-0.1, -0.05) is 23.2 Å². The molecule has 114 valence electrons. The van der Waals surface area contributed by atoms with Gasteiger partial charge in [0.25, 0.3) is 0 Å². The van der Waals surface area contributed by atoms with Crippen LogP contribution < -0.4 is 4.74 Å². The minimum absolute atomic E-state index is 0.270. The van der Waals surface area contributed by atoms with Gasteiger partial charge in [0.1, 0.15) is 5.75 Å². The number of ether oxygens (including phenoxy) is 1. The van der Waals surface area contributed by atoms with E-state index in [9.17, 15) is 13.2 Å². The van der Waals surface area contributed by atoms with E-state index in [0.717, 1.165) is 11.3 Å². The maximum absolute atomic E-state index is 12.1. The molecule has 0 spiro atoms. The Morgan fingerprint density at radius 1 is 1.05 bits per heavy atom. The van der Waals surface area contributed by atoms with Crippen molar-refractivity contribution in [3.63, 3.8) is 0 Å². The standard InChI is InChI=1S/C15H8Cl2F3NO/c16-10-5-9-6-13(21-14(9)12(17)7-10)8-1-3-11(4-2-8)22-15(18,19)20/h1-5,7H,6H2. The summed E-state index contributed by atoms with van der Waals surface area (Å²) in [5.41, 5.74) is 2.97. The molecule has 2 nitrogen and oxygen atoms in total. The highest BCUT2D eigenvalue weighted by Gasteiger charge is 2.31. The van der Waals surface area contributed by atoms with Crippen molar-refractivity contribution in [1.82, 2.24) is 0 Å². The highest BCUT2D eigenvalue weighted by Crippen LogP contribution is 2.38. The summed E-state index contributed by atoms with van der Waals surface area (Å²) >= 11 is 12.0. The van der Waals surface area contributed by atoms with Crippen LogP contribution in [0.4, 0.5) is 18.9 Å². The highest BCUT2D eigenvalue weighted by molar-refractivity contribution is 6.37. The Morgan fingerprint density at radius 3 is 2.36 bits per heavy atom. The van der Waals surface area contributed by atoms with Gasteiger partial charge >= 0.3 is 6.36 Å². The molecule has 3 rings (SSSR count). The molecular formula is C15H8Cl2F3NO. The van der Waals surface area contributed by atoms with Crippen molar-refractivity contribution in [3.05, 3.63) is 57.6 Å². The molecule has 0 fully saturated rings. The van der Waals surface area contributed by atoms with E-state index in [4.69, 9.17) is 23.2 Å². The average Bonchev–Trinajstić information content (AvgIpc) is 2.81. The van der Waals surface area contributed by atoms with Crippen LogP contribution in [0, 0.1) is 0 Å². The molecule has 0 aliphatic carbocycles. The van der Waals surface area contributed by atoms with Crippen LogP contribution in [-0.2, 0) is 6.42 Å². The Balaban J connectivity index is 1.85. The number of rotatable bonds is 2. The lowest BCUT2D eigenvalue weighted by Crippen LogP contribution is -2.17. The second-order valence-corrected chi connectivity index (χ2v) is 5.55. The molecule has 2 aromatic carbocycles. The fourth-order valence-electron chi connectivity index (χ4n) is 2.25. The lowest BCUT2D eigenvalue weighted by atomic mass is 10.0. The second kappa shape index (κ2) is 5.48. The van der Waals surface area contributed by atoms with Crippen LogP contribution in [0.3, 0.4) is 0 Å². The molecule has 0 saturated carbocycles. The minimum Gasteiger partial charge on any atom is -0.406 e. The van der Waals surface area contributed by atoms with Crippen molar-refractivity contribution in [3.8, 4) is 5.75 Å². The quantitative estimate of drug-likeness (QED) is 0.697. The molecule has 0 aromatic heterocycles. The van der Waals surface area contributed by atoms with Crippen molar-refractivity contribution < 1.29 is 17.9 Å². The van der Waals surface area contributed by atoms with E-state index in [0.29, 0.717) is 27.7 Å². The van der Waals surface area contributed by atoms with Crippen molar-refractivity contribution in [2.24, 2.45) is 4.99 Å². The molecule has 0 unspecified atom stereocenters. The van der Waals surface area contributed by atoms with Crippen molar-refractivity contribution in [2.45, 2.75) is 12.8 Å². The van der Waals surface area contributed by atoms with Gasteiger partial charge in [0.05, 0.1) is 16.4 Å². The summed E-state index contributed by atoms with van der Waals surface area (Å²) < 4.78 is 40.2. The monoisotopic (exact) mass is 345 g/mol. The van der Waals surface area contributed by atoms with Crippen LogP contribution in [0.2, 0.25) is 10.0 Å². The Hall–Kier alpha value is -1.72. The average molecular weight is 346 g/mol. The largest absolute Gasteiger partial charge is 0.573 e. The van der Waals surface area contributed by atoms with Crippen LogP contribution in [0.1, 0.15) is 11.1 Å². The Bertz CT molecular complexity index is 755. The molecule has 2 aromatic rings. The van der Waals surface area contributed by atoms with Gasteiger partial charge in [0.2, 0.25) is 0 Å². The molecule has 22 heavy (non-hydrogen) atoms. The van der Waals surface area contributed by atoms with E-state index in [1.165, 1.54) is 24.3 Å². The fraction of sp³-hybridized carbons (Fsp3) is 0.133. The molecule has 1 aliphatic rings. The van der Waals surface area contributed by atoms with Gasteiger partial charge in [0.15, 0.2) is 0 Å². The first kappa shape index (κ1) is 15.2. The zero-order valence-electron chi connectivity index (χ0n) is 10.9. The number of nitrogens with zero attached hydrogens (tertiary/aromatic N) is 1. The van der Waals surface area contributed by atoms with Crippen molar-refractivity contribution in [2.75, 3.05) is 0 Å². The van der Waals surface area contributed by atoms with Crippen LogP contribution in [-0.4, -0.2) is 12.1 Å². The van der Waals surface area contributed by atoms with Crippen LogP contribution in [0.5, 0.6) is 5.75 Å². The summed E-state index contributed by atoms with van der Waals surface area (Å²) in [6.45, 7) is 0. The van der Waals surface area contributed by atoms with Crippen LogP contribution in [0.15, 0.2) is 41.4 Å². The van der Waals surface area contributed by atoms with Gasteiger partial charge in [0, 0.05) is 11.4 Å². The molecule has 7 heteroatoms. The topological polar surface area (TPSA) is 21.6 Å². The van der Waals surface area contributed by atoms with Crippen molar-refractivity contribution in [1.29, 1.82) is 0 Å². The van der Waals surface area contributed by atoms with Crippen LogP contribution >= 0.6 is 23.2 Å². The number of benzene rings is 2. The normalized spacial score (nSPS) is 13.8. The predicted molar refractivity (Wildman–Crippen MR) is 79.5 cm³/mol. The third kappa shape index (κ3) is 3.20. The summed E-state index contributed by atoms with van der Waals surface area (Å²) in [5, 5.41) is 0.976. The lowest BCUT2D eigenvalue weighted by molar-refractivity contribution is -0.274. The van der Waals surface area contributed by atoms with Crippen molar-refractivity contribution >= 4 is 34.6 Å². The lowest BCUT2D eigenvalue weighted by Gasteiger charge is -2.09. The second-order valence-electron chi connectivity index (χ2n) is 4.70. The van der Waals surface area contributed by atoms with Gasteiger partial charge in [-0.25, -0.2) is 0 Å². The first-order valence-corrected chi connectivity index (χ1v) is 6.99. The van der Waals surface area contributed by atoms with Gasteiger partial charge in [-0.05, 0) is 47.5 Å². The smallest absolute Gasteiger partial charge is 0.406 e. The van der Waals surface area contributed by atoms with Gasteiger partial charge in [-0.3, -0.25) is 4.99 Å². The molecule has 0 saturated heterocycles. The summed E-state index contributed by atoms with van der Waals surface area (Å²) in [5.74, 6) is -0.270. The molecule has 0 atom stereocenters. The zero-order valence-corrected chi connectivity index (χ0v) is 12.4. The summed E-state index contributed by atoms with van der Waals surface area (Å²) in [6, 6.07) is 8.95. The summed E-state index contributed by atoms with van der Waals surface area (Å²) in [7, 11) is 0. The van der Waals surface area contributed by atoms with E-state index < -0.39 is 6.36 Å². The Kier molecular flexibility index (Phi) is 3.78. The van der Waals surface area contributed by atoms with E-state index in [1.54, 1.807) is 12.1 Å². The predicted octanol–water partition coefficient (Wildman–Crippen LogP) is 5.57. The van der Waals surface area contributed by atoms with E-state index >= 15 is 0 Å². The van der Waals surface area contributed by atoms with Gasteiger partial charge in [-0.2, -0.15) is 0 Å². The summed E-state index contributed by atoms with van der Waals surface area (Å²) in [6.07, 6.45) is -4.18. The van der Waals surface area contributed by atoms with Gasteiger partial charge < -0.3 is 4.74 Å². The first-order chi connectivity index (χ1) is 10.3. The van der Waals surface area contributed by atoms with E-state index in [-0.39, 0.29) is 5.75 Å². The van der Waals surface area contributed by atoms with E-state index in [2.05, 4.69) is 9.73 Å². The maximum atomic E-state index is 12.1. The third-order valence-electron chi connectivity index (χ3n) is 3.13. The minimum atomic E-state index is -4.70. The number of hydrogen-bond acceptors (Lipinski definition) is 2. The van der Waals surface area contributed by atoms with E-state index in [1.807, 2.05) is 0 Å². The first-order valence-electron chi connectivity index (χ1n) is 6.23.